The summed E-state index contributed by atoms with van der Waals surface area (Å²) in [5.41, 5.74) is 3.40. The Bertz CT molecular complexity index is 954. The Balaban J connectivity index is 1.87. The van der Waals surface area contributed by atoms with Gasteiger partial charge in [0.15, 0.2) is 0 Å². The number of nitrogens with zero attached hydrogens (tertiary/aromatic N) is 3. The number of carbonyl (C=O) groups excluding carboxylic acids is 1. The quantitative estimate of drug-likeness (QED) is 0.676. The highest BCUT2D eigenvalue weighted by Crippen LogP contribution is 2.20. The Morgan fingerprint density at radius 2 is 1.75 bits per heavy atom. The van der Waals surface area contributed by atoms with Crippen LogP contribution < -0.4 is 10.2 Å². The topological polar surface area (TPSA) is 58.1 Å². The molecule has 0 fully saturated rings. The number of nitrogens with one attached hydrogen (secondary N) is 1. The third-order valence-corrected chi connectivity index (χ3v) is 4.45. The molecule has 0 aliphatic rings. The molecule has 0 atom stereocenters. The SMILES string of the molecule is Cc1cccc(NC(=O)c2cc(N(Cc3ccccc3)C(C)C)nc(C)n2)c1. The summed E-state index contributed by atoms with van der Waals surface area (Å²) < 4.78 is 0. The van der Waals surface area contributed by atoms with Crippen LogP contribution >= 0.6 is 0 Å². The molecule has 0 saturated heterocycles. The number of carbonyl (C=O) groups is 1. The van der Waals surface area contributed by atoms with Gasteiger partial charge in [-0.3, -0.25) is 4.79 Å². The largest absolute Gasteiger partial charge is 0.350 e. The van der Waals surface area contributed by atoms with Crippen LogP contribution in [0.2, 0.25) is 0 Å². The number of aromatic nitrogens is 2. The first kappa shape index (κ1) is 19.5. The lowest BCUT2D eigenvalue weighted by Crippen LogP contribution is -2.31. The lowest BCUT2D eigenvalue weighted by molar-refractivity contribution is 0.102. The van der Waals surface area contributed by atoms with Gasteiger partial charge in [0.1, 0.15) is 17.3 Å². The standard InChI is InChI=1S/C23H26N4O/c1-16(2)27(15-19-10-6-5-7-11-19)22-14-21(24-18(4)25-22)23(28)26-20-12-8-9-17(3)13-20/h5-14,16H,15H2,1-4H3,(H,26,28). The predicted octanol–water partition coefficient (Wildman–Crippen LogP) is 4.76. The molecule has 28 heavy (non-hydrogen) atoms. The molecule has 1 heterocycles. The van der Waals surface area contributed by atoms with E-state index >= 15 is 0 Å². The van der Waals surface area contributed by atoms with Gasteiger partial charge >= 0.3 is 0 Å². The van der Waals surface area contributed by atoms with Crippen molar-refractivity contribution in [1.82, 2.24) is 9.97 Å². The van der Waals surface area contributed by atoms with Crippen molar-refractivity contribution < 1.29 is 4.79 Å². The van der Waals surface area contributed by atoms with Crippen LogP contribution in [-0.4, -0.2) is 21.9 Å². The van der Waals surface area contributed by atoms with Crippen LogP contribution in [0.3, 0.4) is 0 Å². The van der Waals surface area contributed by atoms with E-state index in [1.807, 2.05) is 56.3 Å². The molecule has 0 unspecified atom stereocenters. The summed E-state index contributed by atoms with van der Waals surface area (Å²) >= 11 is 0. The Kier molecular flexibility index (Phi) is 6.04. The number of hydrogen-bond donors (Lipinski definition) is 1. The molecule has 0 aliphatic carbocycles. The average Bonchev–Trinajstić information content (AvgIpc) is 2.66. The lowest BCUT2D eigenvalue weighted by atomic mass is 10.2. The van der Waals surface area contributed by atoms with Crippen molar-refractivity contribution in [2.24, 2.45) is 0 Å². The highest BCUT2D eigenvalue weighted by atomic mass is 16.1. The summed E-state index contributed by atoms with van der Waals surface area (Å²) in [6, 6.07) is 19.9. The third kappa shape index (κ3) is 4.94. The maximum Gasteiger partial charge on any atom is 0.274 e. The summed E-state index contributed by atoms with van der Waals surface area (Å²) in [5, 5.41) is 2.92. The smallest absolute Gasteiger partial charge is 0.274 e. The van der Waals surface area contributed by atoms with E-state index in [2.05, 4.69) is 46.2 Å². The number of amides is 1. The van der Waals surface area contributed by atoms with Gasteiger partial charge in [-0.2, -0.15) is 0 Å². The number of benzene rings is 2. The van der Waals surface area contributed by atoms with E-state index in [1.165, 1.54) is 5.56 Å². The zero-order chi connectivity index (χ0) is 20.1. The zero-order valence-corrected chi connectivity index (χ0v) is 16.8. The predicted molar refractivity (Wildman–Crippen MR) is 114 cm³/mol. The van der Waals surface area contributed by atoms with Crippen molar-refractivity contribution in [3.05, 3.63) is 83.3 Å². The summed E-state index contributed by atoms with van der Waals surface area (Å²) in [6.45, 7) is 8.76. The van der Waals surface area contributed by atoms with Crippen molar-refractivity contribution in [2.75, 3.05) is 10.2 Å². The summed E-state index contributed by atoms with van der Waals surface area (Å²) in [5.74, 6) is 1.09. The average molecular weight is 374 g/mol. The molecule has 0 radical (unpaired) electrons. The van der Waals surface area contributed by atoms with E-state index in [4.69, 9.17) is 0 Å². The van der Waals surface area contributed by atoms with Crippen molar-refractivity contribution >= 4 is 17.4 Å². The minimum Gasteiger partial charge on any atom is -0.350 e. The fraction of sp³-hybridized carbons (Fsp3) is 0.261. The molecule has 1 N–H and O–H groups in total. The van der Waals surface area contributed by atoms with E-state index in [9.17, 15) is 4.79 Å². The van der Waals surface area contributed by atoms with Crippen molar-refractivity contribution in [3.8, 4) is 0 Å². The van der Waals surface area contributed by atoms with Gasteiger partial charge in [-0.05, 0) is 51.0 Å². The second-order valence-corrected chi connectivity index (χ2v) is 7.19. The van der Waals surface area contributed by atoms with E-state index in [0.29, 0.717) is 18.1 Å². The van der Waals surface area contributed by atoms with Crippen molar-refractivity contribution in [3.63, 3.8) is 0 Å². The highest BCUT2D eigenvalue weighted by molar-refractivity contribution is 6.03. The second kappa shape index (κ2) is 8.65. The molecule has 0 saturated carbocycles. The van der Waals surface area contributed by atoms with E-state index in [0.717, 1.165) is 17.1 Å². The first-order valence-corrected chi connectivity index (χ1v) is 9.46. The second-order valence-electron chi connectivity index (χ2n) is 7.19. The molecule has 1 amide bonds. The van der Waals surface area contributed by atoms with Crippen LogP contribution in [0.25, 0.3) is 0 Å². The van der Waals surface area contributed by atoms with E-state index in [1.54, 1.807) is 6.07 Å². The van der Waals surface area contributed by atoms with Crippen LogP contribution in [0.15, 0.2) is 60.7 Å². The molecule has 0 aliphatic heterocycles. The van der Waals surface area contributed by atoms with Gasteiger partial charge in [0.05, 0.1) is 0 Å². The van der Waals surface area contributed by atoms with Crippen molar-refractivity contribution in [2.45, 2.75) is 40.3 Å². The van der Waals surface area contributed by atoms with Crippen LogP contribution in [0.5, 0.6) is 0 Å². The van der Waals surface area contributed by atoms with E-state index in [-0.39, 0.29) is 11.9 Å². The van der Waals surface area contributed by atoms with Crippen LogP contribution in [0.1, 0.15) is 41.3 Å². The number of rotatable bonds is 6. The molecule has 5 nitrogen and oxygen atoms in total. The van der Waals surface area contributed by atoms with Gasteiger partial charge < -0.3 is 10.2 Å². The Labute approximate surface area is 166 Å². The van der Waals surface area contributed by atoms with Crippen LogP contribution in [0, 0.1) is 13.8 Å². The number of hydrogen-bond acceptors (Lipinski definition) is 4. The number of aryl methyl sites for hydroxylation is 2. The molecular weight excluding hydrogens is 348 g/mol. The van der Waals surface area contributed by atoms with E-state index < -0.39 is 0 Å². The zero-order valence-electron chi connectivity index (χ0n) is 16.8. The number of anilines is 2. The lowest BCUT2D eigenvalue weighted by Gasteiger charge is -2.28. The van der Waals surface area contributed by atoms with Gasteiger partial charge in [0.25, 0.3) is 5.91 Å². The van der Waals surface area contributed by atoms with Crippen LogP contribution in [0.4, 0.5) is 11.5 Å². The summed E-state index contributed by atoms with van der Waals surface area (Å²) in [7, 11) is 0. The van der Waals surface area contributed by atoms with Crippen LogP contribution in [-0.2, 0) is 6.54 Å². The maximum atomic E-state index is 12.8. The Morgan fingerprint density at radius 3 is 2.43 bits per heavy atom. The van der Waals surface area contributed by atoms with Gasteiger partial charge in [-0.1, -0.05) is 42.5 Å². The van der Waals surface area contributed by atoms with Gasteiger partial charge in [0, 0.05) is 24.3 Å². The molecule has 5 heteroatoms. The van der Waals surface area contributed by atoms with Gasteiger partial charge in [-0.15, -0.1) is 0 Å². The normalized spacial score (nSPS) is 10.8. The molecule has 144 valence electrons. The highest BCUT2D eigenvalue weighted by Gasteiger charge is 2.17. The monoisotopic (exact) mass is 374 g/mol. The summed E-state index contributed by atoms with van der Waals surface area (Å²) in [4.78, 5) is 23.9. The first-order valence-electron chi connectivity index (χ1n) is 9.46. The Morgan fingerprint density at radius 1 is 1.00 bits per heavy atom. The molecule has 2 aromatic carbocycles. The maximum absolute atomic E-state index is 12.8. The molecule has 1 aromatic heterocycles. The first-order chi connectivity index (χ1) is 13.4. The summed E-state index contributed by atoms with van der Waals surface area (Å²) in [6.07, 6.45) is 0. The molecule has 3 rings (SSSR count). The molecular formula is C23H26N4O. The minimum atomic E-state index is -0.235. The third-order valence-electron chi connectivity index (χ3n) is 4.45. The van der Waals surface area contributed by atoms with Gasteiger partial charge in [-0.25, -0.2) is 9.97 Å². The fourth-order valence-corrected chi connectivity index (χ4v) is 3.04. The Hall–Kier alpha value is -3.21. The van der Waals surface area contributed by atoms with Crippen molar-refractivity contribution in [1.29, 1.82) is 0 Å². The molecule has 3 aromatic rings. The molecule has 0 spiro atoms. The fourth-order valence-electron chi connectivity index (χ4n) is 3.04. The minimum absolute atomic E-state index is 0.224. The van der Waals surface area contributed by atoms with Gasteiger partial charge in [0.2, 0.25) is 0 Å². The molecule has 0 bridgehead atoms.